The Morgan fingerprint density at radius 3 is 2.75 bits per heavy atom. The Morgan fingerprint density at radius 1 is 1.19 bits per heavy atom. The molecular weight excluding hydrogens is 194 g/mol. The number of nitrogen functional groups attached to an aromatic ring is 1. The first-order valence-electron chi connectivity index (χ1n) is 6.07. The van der Waals surface area contributed by atoms with Crippen LogP contribution in [0.3, 0.4) is 0 Å². The van der Waals surface area contributed by atoms with Crippen molar-refractivity contribution in [1.82, 2.24) is 0 Å². The molecule has 1 aliphatic rings. The summed E-state index contributed by atoms with van der Waals surface area (Å²) in [6.07, 6.45) is 3.79. The van der Waals surface area contributed by atoms with Gasteiger partial charge in [-0.25, -0.2) is 0 Å². The molecule has 0 spiro atoms. The summed E-state index contributed by atoms with van der Waals surface area (Å²) in [6, 6.07) is 10.7. The Hall–Kier alpha value is -1.50. The van der Waals surface area contributed by atoms with E-state index >= 15 is 0 Å². The molecule has 0 aliphatic heterocycles. The lowest BCUT2D eigenvalue weighted by molar-refractivity contribution is 0.595. The second-order valence-corrected chi connectivity index (χ2v) is 4.88. The first kappa shape index (κ1) is 9.71. The van der Waals surface area contributed by atoms with Crippen LogP contribution in [-0.4, -0.2) is 0 Å². The second kappa shape index (κ2) is 3.51. The maximum absolute atomic E-state index is 6.13. The van der Waals surface area contributed by atoms with Crippen molar-refractivity contribution in [2.45, 2.75) is 32.1 Å². The van der Waals surface area contributed by atoms with E-state index in [-0.39, 0.29) is 0 Å². The van der Waals surface area contributed by atoms with Crippen molar-refractivity contribution < 1.29 is 0 Å². The van der Waals surface area contributed by atoms with Crippen LogP contribution in [0, 0.1) is 0 Å². The molecule has 0 fully saturated rings. The van der Waals surface area contributed by atoms with Crippen molar-refractivity contribution in [3.8, 4) is 0 Å². The summed E-state index contributed by atoms with van der Waals surface area (Å²) in [4.78, 5) is 0. The summed E-state index contributed by atoms with van der Waals surface area (Å²) in [5, 5.41) is 2.58. The fourth-order valence-electron chi connectivity index (χ4n) is 3.02. The molecule has 16 heavy (non-hydrogen) atoms. The molecule has 1 aliphatic carbocycles. The molecule has 0 unspecified atom stereocenters. The monoisotopic (exact) mass is 211 g/mol. The average molecular weight is 211 g/mol. The molecule has 2 aromatic rings. The first-order chi connectivity index (χ1) is 7.77. The van der Waals surface area contributed by atoms with Gasteiger partial charge in [0.15, 0.2) is 0 Å². The zero-order valence-corrected chi connectivity index (χ0v) is 9.66. The molecule has 0 heterocycles. The van der Waals surface area contributed by atoms with E-state index in [0.717, 1.165) is 5.69 Å². The zero-order chi connectivity index (χ0) is 11.1. The summed E-state index contributed by atoms with van der Waals surface area (Å²) in [7, 11) is 0. The van der Waals surface area contributed by atoms with Gasteiger partial charge in [0.05, 0.1) is 0 Å². The summed E-state index contributed by atoms with van der Waals surface area (Å²) >= 11 is 0. The molecule has 0 amide bonds. The summed E-state index contributed by atoms with van der Waals surface area (Å²) in [6.45, 7) is 2.33. The van der Waals surface area contributed by atoms with E-state index in [1.165, 1.54) is 41.2 Å². The third-order valence-electron chi connectivity index (χ3n) is 3.78. The Kier molecular flexibility index (Phi) is 2.13. The van der Waals surface area contributed by atoms with Crippen molar-refractivity contribution >= 4 is 16.5 Å². The Labute approximate surface area is 96.3 Å². The molecule has 0 aromatic heterocycles. The highest BCUT2D eigenvalue weighted by molar-refractivity contribution is 5.96. The lowest BCUT2D eigenvalue weighted by atomic mass is 9.80. The number of nitrogens with two attached hydrogens (primary N) is 1. The maximum Gasteiger partial charge on any atom is 0.0396 e. The van der Waals surface area contributed by atoms with Crippen LogP contribution in [-0.2, 0) is 6.42 Å². The van der Waals surface area contributed by atoms with Crippen LogP contribution in [0.2, 0.25) is 0 Å². The fourth-order valence-corrected chi connectivity index (χ4v) is 3.02. The van der Waals surface area contributed by atoms with E-state index < -0.39 is 0 Å². The number of hydrogen-bond donors (Lipinski definition) is 1. The molecular formula is C15H17N. The molecule has 2 N–H and O–H groups in total. The highest BCUT2D eigenvalue weighted by Crippen LogP contribution is 2.38. The number of anilines is 1. The van der Waals surface area contributed by atoms with Gasteiger partial charge < -0.3 is 5.73 Å². The Bertz CT molecular complexity index is 542. The van der Waals surface area contributed by atoms with Gasteiger partial charge in [-0.1, -0.05) is 31.2 Å². The van der Waals surface area contributed by atoms with Crippen molar-refractivity contribution in [2.75, 3.05) is 5.73 Å². The van der Waals surface area contributed by atoms with E-state index in [1.807, 2.05) is 0 Å². The fraction of sp³-hybridized carbons (Fsp3) is 0.333. The number of benzene rings is 2. The number of rotatable bonds is 0. The Morgan fingerprint density at radius 2 is 1.94 bits per heavy atom. The number of fused-ring (bicyclic) bond motifs is 3. The highest BCUT2D eigenvalue weighted by Gasteiger charge is 2.19. The van der Waals surface area contributed by atoms with Gasteiger partial charge in [-0.15, -0.1) is 0 Å². The standard InChI is InChI=1S/C15H17N/c1-10-5-4-6-11-9-14(16)12-7-2-3-8-13(12)15(10)11/h2-3,7-10H,4-6,16H2,1H3/t10-/m0/s1. The number of aryl methyl sites for hydroxylation is 1. The third-order valence-corrected chi connectivity index (χ3v) is 3.78. The molecule has 1 nitrogen and oxygen atoms in total. The van der Waals surface area contributed by atoms with Crippen LogP contribution >= 0.6 is 0 Å². The second-order valence-electron chi connectivity index (χ2n) is 4.88. The van der Waals surface area contributed by atoms with Gasteiger partial charge in [0, 0.05) is 11.1 Å². The van der Waals surface area contributed by atoms with E-state index in [9.17, 15) is 0 Å². The predicted molar refractivity (Wildman–Crippen MR) is 69.7 cm³/mol. The third kappa shape index (κ3) is 1.31. The molecule has 1 heteroatoms. The van der Waals surface area contributed by atoms with Gasteiger partial charge in [0.1, 0.15) is 0 Å². The lowest BCUT2D eigenvalue weighted by Crippen LogP contribution is -2.08. The van der Waals surface area contributed by atoms with Gasteiger partial charge in [0.25, 0.3) is 0 Å². The maximum atomic E-state index is 6.13. The molecule has 0 bridgehead atoms. The minimum atomic E-state index is 0.675. The van der Waals surface area contributed by atoms with E-state index in [2.05, 4.69) is 37.3 Å². The van der Waals surface area contributed by atoms with Crippen molar-refractivity contribution in [3.05, 3.63) is 41.5 Å². The minimum Gasteiger partial charge on any atom is -0.398 e. The SMILES string of the molecule is C[C@H]1CCCc2cc(N)c3ccccc3c21. The molecule has 0 saturated heterocycles. The lowest BCUT2D eigenvalue weighted by Gasteiger charge is -2.25. The van der Waals surface area contributed by atoms with Gasteiger partial charge in [0.2, 0.25) is 0 Å². The highest BCUT2D eigenvalue weighted by atomic mass is 14.6. The first-order valence-corrected chi connectivity index (χ1v) is 6.07. The van der Waals surface area contributed by atoms with Crippen LogP contribution in [0.1, 0.15) is 36.8 Å². The van der Waals surface area contributed by atoms with E-state index in [4.69, 9.17) is 5.73 Å². The topological polar surface area (TPSA) is 26.0 Å². The molecule has 3 rings (SSSR count). The Balaban J connectivity index is 2.40. The minimum absolute atomic E-state index is 0.675. The van der Waals surface area contributed by atoms with Gasteiger partial charge >= 0.3 is 0 Å². The zero-order valence-electron chi connectivity index (χ0n) is 9.66. The van der Waals surface area contributed by atoms with Crippen LogP contribution in [0.15, 0.2) is 30.3 Å². The van der Waals surface area contributed by atoms with Crippen LogP contribution in [0.5, 0.6) is 0 Å². The van der Waals surface area contributed by atoms with Crippen molar-refractivity contribution in [2.24, 2.45) is 0 Å². The largest absolute Gasteiger partial charge is 0.398 e. The van der Waals surface area contributed by atoms with Crippen molar-refractivity contribution in [3.63, 3.8) is 0 Å². The van der Waals surface area contributed by atoms with Gasteiger partial charge in [-0.3, -0.25) is 0 Å². The van der Waals surface area contributed by atoms with Crippen LogP contribution in [0.25, 0.3) is 10.8 Å². The van der Waals surface area contributed by atoms with E-state index in [1.54, 1.807) is 0 Å². The van der Waals surface area contributed by atoms with Crippen LogP contribution < -0.4 is 5.73 Å². The van der Waals surface area contributed by atoms with Crippen LogP contribution in [0.4, 0.5) is 5.69 Å². The summed E-state index contributed by atoms with van der Waals surface area (Å²) in [5.74, 6) is 0.675. The molecule has 1 atom stereocenters. The average Bonchev–Trinajstić information content (AvgIpc) is 2.29. The van der Waals surface area contributed by atoms with Crippen molar-refractivity contribution in [1.29, 1.82) is 0 Å². The van der Waals surface area contributed by atoms with Gasteiger partial charge in [-0.05, 0) is 47.8 Å². The normalized spacial score (nSPS) is 19.7. The summed E-state index contributed by atoms with van der Waals surface area (Å²) in [5.41, 5.74) is 10.1. The number of hydrogen-bond acceptors (Lipinski definition) is 1. The molecule has 2 aromatic carbocycles. The molecule has 82 valence electrons. The van der Waals surface area contributed by atoms with Gasteiger partial charge in [-0.2, -0.15) is 0 Å². The summed E-state index contributed by atoms with van der Waals surface area (Å²) < 4.78 is 0. The molecule has 0 saturated carbocycles. The predicted octanol–water partition coefficient (Wildman–Crippen LogP) is 3.86. The quantitative estimate of drug-likeness (QED) is 0.658. The molecule has 0 radical (unpaired) electrons. The smallest absolute Gasteiger partial charge is 0.0396 e. The van der Waals surface area contributed by atoms with E-state index in [0.29, 0.717) is 5.92 Å².